The van der Waals surface area contributed by atoms with Crippen LogP contribution in [0.2, 0.25) is 5.02 Å². The summed E-state index contributed by atoms with van der Waals surface area (Å²) >= 11 is 6.31. The molecule has 0 aliphatic carbocycles. The van der Waals surface area contributed by atoms with Crippen LogP contribution in [0.15, 0.2) is 30.3 Å². The van der Waals surface area contributed by atoms with Gasteiger partial charge in [0.05, 0.1) is 36.3 Å². The second-order valence-corrected chi connectivity index (χ2v) is 9.35. The number of aliphatic hydroxyl groups is 1. The Balaban J connectivity index is 0.00000612. The van der Waals surface area contributed by atoms with Crippen molar-refractivity contribution in [3.63, 3.8) is 0 Å². The number of carboxylic acid groups (broad SMARTS) is 1. The number of aliphatic carboxylic acids is 1. The van der Waals surface area contributed by atoms with Gasteiger partial charge in [-0.25, -0.2) is 0 Å². The van der Waals surface area contributed by atoms with Crippen LogP contribution in [0.5, 0.6) is 17.2 Å². The van der Waals surface area contributed by atoms with Gasteiger partial charge < -0.3 is 24.8 Å². The number of benzene rings is 2. The van der Waals surface area contributed by atoms with Crippen LogP contribution in [0.25, 0.3) is 0 Å². The zero-order valence-corrected chi connectivity index (χ0v) is 23.8. The van der Waals surface area contributed by atoms with E-state index in [1.54, 1.807) is 44.2 Å². The molecule has 0 fully saturated rings. The van der Waals surface area contributed by atoms with Crippen LogP contribution in [0.1, 0.15) is 74.5 Å². The molecule has 0 aliphatic heterocycles. The molecule has 1 radical (unpaired) electrons. The summed E-state index contributed by atoms with van der Waals surface area (Å²) in [6, 6.07) is 8.17. The van der Waals surface area contributed by atoms with Gasteiger partial charge in [-0.05, 0) is 43.2 Å². The van der Waals surface area contributed by atoms with Crippen molar-refractivity contribution >= 4 is 52.9 Å². The Bertz CT molecular complexity index is 1020. The minimum absolute atomic E-state index is 0. The molecule has 0 aliphatic rings. The number of phenols is 1. The summed E-state index contributed by atoms with van der Waals surface area (Å²) in [7, 11) is 0. The molecule has 2 aromatic carbocycles. The summed E-state index contributed by atoms with van der Waals surface area (Å²) < 4.78 is 11.6. The fourth-order valence-corrected chi connectivity index (χ4v) is 3.94. The number of hydrogen-bond acceptors (Lipinski definition) is 6. The number of carbonyl (C=O) groups is 2. The average molecular weight is 516 g/mol. The third kappa shape index (κ3) is 8.69. The Kier molecular flexibility index (Phi) is 12.6. The van der Waals surface area contributed by atoms with Gasteiger partial charge in [0.1, 0.15) is 17.2 Å². The van der Waals surface area contributed by atoms with E-state index in [1.807, 2.05) is 6.92 Å². The number of Topliss-reactive ketones (excluding diaryl/α,β-unsaturated/α-hetero) is 1. The fourth-order valence-electron chi connectivity index (χ4n) is 3.69. The van der Waals surface area contributed by atoms with E-state index in [0.717, 1.165) is 6.42 Å². The van der Waals surface area contributed by atoms with Crippen molar-refractivity contribution in [1.29, 1.82) is 0 Å². The maximum absolute atomic E-state index is 11.7. The van der Waals surface area contributed by atoms with E-state index in [9.17, 15) is 19.8 Å². The van der Waals surface area contributed by atoms with Gasteiger partial charge in [-0.1, -0.05) is 44.9 Å². The number of ketones is 1. The Hall–Kier alpha value is -1.77. The number of hydrogen-bond donors (Lipinski definition) is 3. The van der Waals surface area contributed by atoms with Gasteiger partial charge in [-0.3, -0.25) is 9.59 Å². The van der Waals surface area contributed by atoms with Crippen molar-refractivity contribution in [3.05, 3.63) is 52.0 Å². The van der Waals surface area contributed by atoms with Crippen LogP contribution in [0, 0.1) is 5.41 Å². The van der Waals surface area contributed by atoms with Gasteiger partial charge in [0, 0.05) is 47.0 Å². The molecule has 0 aromatic heterocycles. The molecule has 1 atom stereocenters. The van der Waals surface area contributed by atoms with Crippen molar-refractivity contribution in [1.82, 2.24) is 0 Å². The normalized spacial score (nSPS) is 11.9. The fraction of sp³-hybridized carbons (Fsp3) is 0.462. The molecule has 35 heavy (non-hydrogen) atoms. The number of phenolic OH excluding ortho intramolecular Hbond substituents is 1. The van der Waals surface area contributed by atoms with Crippen molar-refractivity contribution < 1.29 is 34.4 Å². The second-order valence-electron chi connectivity index (χ2n) is 8.95. The third-order valence-electron chi connectivity index (χ3n) is 5.54. The van der Waals surface area contributed by atoms with Gasteiger partial charge >= 0.3 is 5.97 Å². The van der Waals surface area contributed by atoms with Gasteiger partial charge in [0.2, 0.25) is 0 Å². The smallest absolute Gasteiger partial charge is 0.303 e. The molecule has 3 N–H and O–H groups in total. The molecule has 9 heteroatoms. The van der Waals surface area contributed by atoms with Gasteiger partial charge in [0.25, 0.3) is 0 Å². The van der Waals surface area contributed by atoms with Crippen LogP contribution in [0.3, 0.4) is 0 Å². The topological polar surface area (TPSA) is 113 Å². The summed E-state index contributed by atoms with van der Waals surface area (Å²) in [6.45, 7) is 7.43. The van der Waals surface area contributed by atoms with Crippen LogP contribution >= 0.6 is 11.6 Å². The number of carbonyl (C=O) groups excluding carboxylic acids is 1. The van der Waals surface area contributed by atoms with E-state index in [1.165, 1.54) is 6.92 Å². The molecule has 0 saturated heterocycles. The Labute approximate surface area is 233 Å². The molecule has 1 unspecified atom stereocenters. The maximum atomic E-state index is 11.7. The zero-order valence-electron chi connectivity index (χ0n) is 21.1. The second kappa shape index (κ2) is 14.1. The standard InChI is InChI=1S/C26H33ClO7.Na/c1-5-7-19-21(11-9-18(16(2)28)24(19)31)33-12-6-13-34-22-10-8-17(14-20(22)27)25(32)26(3,4)15-23(29)30;/h8-11,14,25,31-32H,5-7,12-13,15H2,1-4H3,(H,29,30);. The number of ether oxygens (including phenoxy) is 2. The first-order chi connectivity index (χ1) is 16.0. The minimum Gasteiger partial charge on any atom is -0.507 e. The summed E-state index contributed by atoms with van der Waals surface area (Å²) in [5, 5.41) is 30.4. The number of aliphatic hydroxyl groups excluding tert-OH is 1. The molecule has 0 amide bonds. The first-order valence-electron chi connectivity index (χ1n) is 11.3. The Morgan fingerprint density at radius 1 is 1.09 bits per heavy atom. The van der Waals surface area contributed by atoms with Gasteiger partial charge in [-0.2, -0.15) is 0 Å². The average Bonchev–Trinajstić information content (AvgIpc) is 2.75. The molecule has 2 aromatic rings. The van der Waals surface area contributed by atoms with Crippen molar-refractivity contribution in [2.45, 2.75) is 59.5 Å². The first-order valence-corrected chi connectivity index (χ1v) is 11.7. The number of aromatic hydroxyl groups is 1. The third-order valence-corrected chi connectivity index (χ3v) is 5.84. The largest absolute Gasteiger partial charge is 0.507 e. The first kappa shape index (κ1) is 31.3. The monoisotopic (exact) mass is 515 g/mol. The predicted octanol–water partition coefficient (Wildman–Crippen LogP) is 5.20. The van der Waals surface area contributed by atoms with E-state index in [0.29, 0.717) is 53.7 Å². The SMILES string of the molecule is CCCc1c(OCCCOc2ccc(C(O)C(C)(C)CC(=O)O)cc2Cl)ccc(C(C)=O)c1O.[Na]. The summed E-state index contributed by atoms with van der Waals surface area (Å²) in [5.74, 6) is -0.211. The molecule has 187 valence electrons. The summed E-state index contributed by atoms with van der Waals surface area (Å²) in [4.78, 5) is 22.7. The molecular formula is C26H33ClNaO7. The van der Waals surface area contributed by atoms with E-state index >= 15 is 0 Å². The molecular weight excluding hydrogens is 483 g/mol. The van der Waals surface area contributed by atoms with E-state index < -0.39 is 17.5 Å². The van der Waals surface area contributed by atoms with Crippen LogP contribution < -0.4 is 9.47 Å². The predicted molar refractivity (Wildman–Crippen MR) is 136 cm³/mol. The zero-order chi connectivity index (χ0) is 25.5. The van der Waals surface area contributed by atoms with E-state index in [4.69, 9.17) is 26.2 Å². The number of halogens is 1. The maximum Gasteiger partial charge on any atom is 0.303 e. The molecule has 7 nitrogen and oxygen atoms in total. The molecule has 0 bridgehead atoms. The summed E-state index contributed by atoms with van der Waals surface area (Å²) in [6.07, 6.45) is 0.763. The number of rotatable bonds is 13. The van der Waals surface area contributed by atoms with Crippen molar-refractivity contribution in [2.75, 3.05) is 13.2 Å². The number of carboxylic acids is 1. The molecule has 0 spiro atoms. The van der Waals surface area contributed by atoms with Crippen LogP contribution in [-0.4, -0.2) is 69.8 Å². The summed E-state index contributed by atoms with van der Waals surface area (Å²) in [5.41, 5.74) is 0.569. The molecule has 0 saturated carbocycles. The van der Waals surface area contributed by atoms with E-state index in [2.05, 4.69) is 0 Å². The molecule has 2 rings (SSSR count). The van der Waals surface area contributed by atoms with Crippen LogP contribution in [0.4, 0.5) is 0 Å². The minimum atomic E-state index is -0.994. The van der Waals surface area contributed by atoms with E-state index in [-0.39, 0.29) is 53.1 Å². The molecule has 0 heterocycles. The Morgan fingerprint density at radius 3 is 2.23 bits per heavy atom. The van der Waals surface area contributed by atoms with Crippen LogP contribution in [-0.2, 0) is 11.2 Å². The Morgan fingerprint density at radius 2 is 1.69 bits per heavy atom. The van der Waals surface area contributed by atoms with Gasteiger partial charge in [0.15, 0.2) is 5.78 Å². The van der Waals surface area contributed by atoms with Crippen molar-refractivity contribution in [2.24, 2.45) is 5.41 Å². The quantitative estimate of drug-likeness (QED) is 0.191. The van der Waals surface area contributed by atoms with Crippen molar-refractivity contribution in [3.8, 4) is 17.2 Å². The van der Waals surface area contributed by atoms with Gasteiger partial charge in [-0.15, -0.1) is 0 Å².